The van der Waals surface area contributed by atoms with Gasteiger partial charge in [0, 0.05) is 45.0 Å². The number of benzene rings is 1. The van der Waals surface area contributed by atoms with Crippen molar-refractivity contribution in [3.8, 4) is 0 Å². The average molecular weight is 345 g/mol. The second-order valence-corrected chi connectivity index (χ2v) is 6.29. The number of carbonyl (C=O) groups is 2. The number of ether oxygens (including phenoxy) is 1. The molecule has 0 bridgehead atoms. The summed E-state index contributed by atoms with van der Waals surface area (Å²) in [4.78, 5) is 27.4. The van der Waals surface area contributed by atoms with Gasteiger partial charge in [-0.05, 0) is 43.5 Å². The van der Waals surface area contributed by atoms with E-state index in [0.717, 1.165) is 24.1 Å². The molecule has 0 aliphatic carbocycles. The lowest BCUT2D eigenvalue weighted by atomic mass is 10.1. The van der Waals surface area contributed by atoms with Crippen LogP contribution in [0.15, 0.2) is 30.3 Å². The Labute approximate surface area is 149 Å². The minimum absolute atomic E-state index is 0.0962. The number of piperidine rings is 1. The van der Waals surface area contributed by atoms with Crippen molar-refractivity contribution in [2.24, 2.45) is 0 Å². The fraction of sp³-hybridized carbons (Fsp3) is 0.474. The Morgan fingerprint density at radius 3 is 2.44 bits per heavy atom. The van der Waals surface area contributed by atoms with Crippen molar-refractivity contribution in [3.05, 3.63) is 35.9 Å². The van der Waals surface area contributed by atoms with Crippen LogP contribution in [-0.4, -0.2) is 56.7 Å². The molecule has 1 aliphatic rings. The molecule has 0 saturated carbocycles. The van der Waals surface area contributed by atoms with Crippen LogP contribution >= 0.6 is 0 Å². The van der Waals surface area contributed by atoms with Crippen molar-refractivity contribution in [1.29, 1.82) is 0 Å². The Balaban J connectivity index is 1.78. The summed E-state index contributed by atoms with van der Waals surface area (Å²) < 4.78 is 4.99. The molecule has 1 fully saturated rings. The van der Waals surface area contributed by atoms with Crippen LogP contribution < -0.4 is 10.2 Å². The van der Waals surface area contributed by atoms with Gasteiger partial charge in [0.25, 0.3) is 0 Å². The maximum absolute atomic E-state index is 12.1. The third kappa shape index (κ3) is 5.81. The summed E-state index contributed by atoms with van der Waals surface area (Å²) in [7, 11) is 3.98. The van der Waals surface area contributed by atoms with Crippen LogP contribution in [0.4, 0.5) is 10.5 Å². The number of anilines is 1. The van der Waals surface area contributed by atoms with Gasteiger partial charge in [-0.1, -0.05) is 12.1 Å². The zero-order valence-electron chi connectivity index (χ0n) is 15.2. The zero-order valence-corrected chi connectivity index (χ0v) is 15.2. The highest BCUT2D eigenvalue weighted by Gasteiger charge is 2.23. The van der Waals surface area contributed by atoms with Crippen LogP contribution in [0.1, 0.15) is 25.3 Å². The molecule has 0 unspecified atom stereocenters. The molecule has 25 heavy (non-hydrogen) atoms. The Kier molecular flexibility index (Phi) is 6.86. The number of rotatable bonds is 5. The lowest BCUT2D eigenvalue weighted by molar-refractivity contribution is -0.117. The van der Waals surface area contributed by atoms with E-state index in [4.69, 9.17) is 4.74 Å². The molecule has 2 amide bonds. The maximum atomic E-state index is 12.1. The summed E-state index contributed by atoms with van der Waals surface area (Å²) in [5, 5.41) is 3.00. The molecule has 0 radical (unpaired) electrons. The molecule has 1 heterocycles. The van der Waals surface area contributed by atoms with Gasteiger partial charge < -0.3 is 19.9 Å². The molecule has 136 valence electrons. The zero-order chi connectivity index (χ0) is 18.2. The first kappa shape index (κ1) is 18.8. The Morgan fingerprint density at radius 1 is 1.24 bits per heavy atom. The second kappa shape index (κ2) is 9.11. The van der Waals surface area contributed by atoms with Gasteiger partial charge in [0.05, 0.1) is 6.61 Å². The summed E-state index contributed by atoms with van der Waals surface area (Å²) in [6.45, 7) is 3.40. The number of hydrogen-bond acceptors (Lipinski definition) is 4. The van der Waals surface area contributed by atoms with Gasteiger partial charge in [0.1, 0.15) is 0 Å². The molecule has 1 N–H and O–H groups in total. The number of amides is 2. The number of hydrogen-bond donors (Lipinski definition) is 1. The van der Waals surface area contributed by atoms with E-state index in [2.05, 4.69) is 5.32 Å². The topological polar surface area (TPSA) is 61.9 Å². The van der Waals surface area contributed by atoms with E-state index >= 15 is 0 Å². The molecule has 6 nitrogen and oxygen atoms in total. The SMILES string of the molecule is CCOC(=O)N1CCC(NC(=O)C=Cc2ccc(N(C)C)cc2)CC1. The maximum Gasteiger partial charge on any atom is 0.409 e. The van der Waals surface area contributed by atoms with E-state index in [9.17, 15) is 9.59 Å². The highest BCUT2D eigenvalue weighted by Crippen LogP contribution is 2.14. The average Bonchev–Trinajstić information content (AvgIpc) is 2.61. The largest absolute Gasteiger partial charge is 0.450 e. The second-order valence-electron chi connectivity index (χ2n) is 6.29. The van der Waals surface area contributed by atoms with Crippen molar-refractivity contribution in [3.63, 3.8) is 0 Å². The normalized spacial score (nSPS) is 15.2. The molecule has 1 aromatic carbocycles. The molecule has 1 aliphatic heterocycles. The van der Waals surface area contributed by atoms with Gasteiger partial charge in [-0.15, -0.1) is 0 Å². The van der Waals surface area contributed by atoms with Crippen LogP contribution in [-0.2, 0) is 9.53 Å². The van der Waals surface area contributed by atoms with Gasteiger partial charge in [0.15, 0.2) is 0 Å². The van der Waals surface area contributed by atoms with Crippen LogP contribution in [0.25, 0.3) is 6.08 Å². The molecule has 2 rings (SSSR count). The predicted molar refractivity (Wildman–Crippen MR) is 99.6 cm³/mol. The summed E-state index contributed by atoms with van der Waals surface area (Å²) in [5.41, 5.74) is 2.10. The van der Waals surface area contributed by atoms with E-state index in [1.807, 2.05) is 49.3 Å². The smallest absolute Gasteiger partial charge is 0.409 e. The number of nitrogens with zero attached hydrogens (tertiary/aromatic N) is 2. The van der Waals surface area contributed by atoms with Crippen LogP contribution in [0.5, 0.6) is 0 Å². The van der Waals surface area contributed by atoms with Crippen LogP contribution in [0, 0.1) is 0 Å². The summed E-state index contributed by atoms with van der Waals surface area (Å²) in [5.74, 6) is -0.105. The monoisotopic (exact) mass is 345 g/mol. The molecule has 0 spiro atoms. The number of carbonyl (C=O) groups excluding carboxylic acids is 2. The first-order valence-corrected chi connectivity index (χ1v) is 8.67. The fourth-order valence-electron chi connectivity index (χ4n) is 2.73. The molecule has 6 heteroatoms. The first-order chi connectivity index (χ1) is 12.0. The van der Waals surface area contributed by atoms with Gasteiger partial charge in [0.2, 0.25) is 5.91 Å². The van der Waals surface area contributed by atoms with Gasteiger partial charge in [-0.25, -0.2) is 4.79 Å². The van der Waals surface area contributed by atoms with E-state index in [0.29, 0.717) is 19.7 Å². The quantitative estimate of drug-likeness (QED) is 0.833. The summed E-state index contributed by atoms with van der Waals surface area (Å²) in [6.07, 6.45) is 4.59. The van der Waals surface area contributed by atoms with Gasteiger partial charge in [-0.2, -0.15) is 0 Å². The van der Waals surface area contributed by atoms with Crippen molar-refractivity contribution >= 4 is 23.8 Å². The van der Waals surface area contributed by atoms with E-state index in [-0.39, 0.29) is 18.0 Å². The van der Waals surface area contributed by atoms with Gasteiger partial charge >= 0.3 is 6.09 Å². The lowest BCUT2D eigenvalue weighted by Gasteiger charge is -2.31. The van der Waals surface area contributed by atoms with Crippen molar-refractivity contribution in [1.82, 2.24) is 10.2 Å². The van der Waals surface area contributed by atoms with Crippen molar-refractivity contribution < 1.29 is 14.3 Å². The van der Waals surface area contributed by atoms with Gasteiger partial charge in [-0.3, -0.25) is 4.79 Å². The molecular formula is C19H27N3O3. The fourth-order valence-corrected chi connectivity index (χ4v) is 2.73. The molecule has 0 atom stereocenters. The third-order valence-electron chi connectivity index (χ3n) is 4.20. The Morgan fingerprint density at radius 2 is 1.88 bits per heavy atom. The Hall–Kier alpha value is -2.50. The lowest BCUT2D eigenvalue weighted by Crippen LogP contribution is -2.46. The van der Waals surface area contributed by atoms with Crippen molar-refractivity contribution in [2.75, 3.05) is 38.7 Å². The molecule has 1 aromatic rings. The third-order valence-corrected chi connectivity index (χ3v) is 4.20. The number of likely N-dealkylation sites (tertiary alicyclic amines) is 1. The molecule has 1 saturated heterocycles. The highest BCUT2D eigenvalue weighted by molar-refractivity contribution is 5.92. The van der Waals surface area contributed by atoms with Crippen molar-refractivity contribution in [2.45, 2.75) is 25.8 Å². The van der Waals surface area contributed by atoms with E-state index in [1.165, 1.54) is 0 Å². The highest BCUT2D eigenvalue weighted by atomic mass is 16.6. The van der Waals surface area contributed by atoms with E-state index in [1.54, 1.807) is 17.9 Å². The standard InChI is InChI=1S/C19H27N3O3/c1-4-25-19(24)22-13-11-16(12-14-22)20-18(23)10-7-15-5-8-17(9-6-15)21(2)3/h5-10,16H,4,11-14H2,1-3H3,(H,20,23). The number of nitrogens with one attached hydrogen (secondary N) is 1. The predicted octanol–water partition coefficient (Wildman–Crippen LogP) is 2.50. The molecular weight excluding hydrogens is 318 g/mol. The minimum atomic E-state index is -0.270. The summed E-state index contributed by atoms with van der Waals surface area (Å²) >= 11 is 0. The van der Waals surface area contributed by atoms with E-state index < -0.39 is 0 Å². The van der Waals surface area contributed by atoms with Crippen LogP contribution in [0.3, 0.4) is 0 Å². The Bertz CT molecular complexity index is 603. The minimum Gasteiger partial charge on any atom is -0.450 e. The summed E-state index contributed by atoms with van der Waals surface area (Å²) in [6, 6.07) is 8.10. The van der Waals surface area contributed by atoms with Crippen LogP contribution in [0.2, 0.25) is 0 Å². The first-order valence-electron chi connectivity index (χ1n) is 8.67. The molecule has 0 aromatic heterocycles.